The van der Waals surface area contributed by atoms with Crippen LogP contribution >= 0.6 is 11.6 Å². The van der Waals surface area contributed by atoms with Crippen molar-refractivity contribution in [3.63, 3.8) is 0 Å². The maximum atomic E-state index is 12.5. The molecule has 2 rings (SSSR count). The topological polar surface area (TPSA) is 56.7 Å². The molecule has 0 aromatic carbocycles. The van der Waals surface area contributed by atoms with E-state index >= 15 is 0 Å². The average molecular weight is 319 g/mol. The molecule has 0 fully saturated rings. The molecule has 0 spiro atoms. The molecule has 0 amide bonds. The van der Waals surface area contributed by atoms with Gasteiger partial charge in [-0.3, -0.25) is 9.67 Å². The molecule has 4 nitrogen and oxygen atoms in total. The Hall–Kier alpha value is -1.60. The lowest BCUT2D eigenvalue weighted by Crippen LogP contribution is -2.19. The predicted molar refractivity (Wildman–Crippen MR) is 72.8 cm³/mol. The van der Waals surface area contributed by atoms with Crippen LogP contribution in [0.4, 0.5) is 13.2 Å². The van der Waals surface area contributed by atoms with E-state index in [-0.39, 0.29) is 0 Å². The number of nitrogens with two attached hydrogens (primary N) is 1. The number of nitrogens with zero attached hydrogens (tertiary/aromatic N) is 3. The standard InChI is InChI=1S/C13H14ClF3N4/c1-2-5-21-12(9(14)7-20-21)11(18)10-4-3-8(6-19-10)13(15,16)17/h3-4,6-7,11H,2,5,18H2,1H3. The van der Waals surface area contributed by atoms with E-state index in [2.05, 4.69) is 10.1 Å². The minimum absolute atomic E-state index is 0.308. The Morgan fingerprint density at radius 2 is 2.05 bits per heavy atom. The van der Waals surface area contributed by atoms with Gasteiger partial charge in [-0.1, -0.05) is 18.5 Å². The van der Waals surface area contributed by atoms with Crippen molar-refractivity contribution < 1.29 is 13.2 Å². The highest BCUT2D eigenvalue weighted by molar-refractivity contribution is 6.31. The molecule has 8 heteroatoms. The SMILES string of the molecule is CCCn1ncc(Cl)c1C(N)c1ccc(C(F)(F)F)cn1. The molecular weight excluding hydrogens is 305 g/mol. The van der Waals surface area contributed by atoms with Crippen molar-refractivity contribution in [1.82, 2.24) is 14.8 Å². The summed E-state index contributed by atoms with van der Waals surface area (Å²) < 4.78 is 39.2. The number of aromatic nitrogens is 3. The maximum absolute atomic E-state index is 12.5. The average Bonchev–Trinajstić information content (AvgIpc) is 2.79. The highest BCUT2D eigenvalue weighted by Gasteiger charge is 2.31. The third kappa shape index (κ3) is 3.36. The second-order valence-corrected chi connectivity index (χ2v) is 4.96. The molecule has 114 valence electrons. The van der Waals surface area contributed by atoms with Crippen LogP contribution in [-0.2, 0) is 12.7 Å². The Labute approximate surface area is 124 Å². The zero-order valence-corrected chi connectivity index (χ0v) is 12.0. The van der Waals surface area contributed by atoms with Gasteiger partial charge in [-0.15, -0.1) is 0 Å². The summed E-state index contributed by atoms with van der Waals surface area (Å²) >= 11 is 6.06. The summed E-state index contributed by atoms with van der Waals surface area (Å²) in [5.41, 5.74) is 6.10. The van der Waals surface area contributed by atoms with Gasteiger partial charge in [-0.2, -0.15) is 18.3 Å². The maximum Gasteiger partial charge on any atom is 0.417 e. The monoisotopic (exact) mass is 318 g/mol. The van der Waals surface area contributed by atoms with Crippen molar-refractivity contribution in [2.24, 2.45) is 5.73 Å². The molecule has 0 aliphatic carbocycles. The first kappa shape index (κ1) is 15.8. The van der Waals surface area contributed by atoms with Gasteiger partial charge in [-0.25, -0.2) is 0 Å². The lowest BCUT2D eigenvalue weighted by Gasteiger charge is -2.15. The van der Waals surface area contributed by atoms with E-state index in [9.17, 15) is 13.2 Å². The summed E-state index contributed by atoms with van der Waals surface area (Å²) in [6.45, 7) is 2.59. The summed E-state index contributed by atoms with van der Waals surface area (Å²) in [5.74, 6) is 0. The molecule has 1 atom stereocenters. The molecule has 0 saturated heterocycles. The van der Waals surface area contributed by atoms with Crippen LogP contribution in [-0.4, -0.2) is 14.8 Å². The van der Waals surface area contributed by atoms with Crippen LogP contribution in [0.2, 0.25) is 5.02 Å². The summed E-state index contributed by atoms with van der Waals surface area (Å²) in [6.07, 6.45) is -1.35. The van der Waals surface area contributed by atoms with E-state index in [0.29, 0.717) is 23.0 Å². The van der Waals surface area contributed by atoms with Crippen LogP contribution < -0.4 is 5.73 Å². The number of rotatable bonds is 4. The second kappa shape index (κ2) is 6.03. The van der Waals surface area contributed by atoms with E-state index in [1.165, 1.54) is 12.3 Å². The Morgan fingerprint density at radius 3 is 2.57 bits per heavy atom. The Balaban J connectivity index is 2.32. The Bertz CT molecular complexity index is 607. The molecule has 2 aromatic heterocycles. The molecular formula is C13H14ClF3N4. The molecule has 0 aliphatic rings. The van der Waals surface area contributed by atoms with Crippen LogP contribution in [0.5, 0.6) is 0 Å². The third-order valence-corrected chi connectivity index (χ3v) is 3.29. The fraction of sp³-hybridized carbons (Fsp3) is 0.385. The zero-order chi connectivity index (χ0) is 15.6. The van der Waals surface area contributed by atoms with E-state index in [0.717, 1.165) is 18.7 Å². The highest BCUT2D eigenvalue weighted by atomic mass is 35.5. The minimum atomic E-state index is -4.42. The summed E-state index contributed by atoms with van der Waals surface area (Å²) in [4.78, 5) is 3.80. The smallest absolute Gasteiger partial charge is 0.318 e. The van der Waals surface area contributed by atoms with Crippen LogP contribution in [0.1, 0.15) is 36.3 Å². The van der Waals surface area contributed by atoms with E-state index in [4.69, 9.17) is 17.3 Å². The lowest BCUT2D eigenvalue weighted by molar-refractivity contribution is -0.137. The largest absolute Gasteiger partial charge is 0.417 e. The van der Waals surface area contributed by atoms with Gasteiger partial charge >= 0.3 is 6.18 Å². The number of hydrogen-bond acceptors (Lipinski definition) is 3. The lowest BCUT2D eigenvalue weighted by atomic mass is 10.1. The molecule has 0 radical (unpaired) electrons. The van der Waals surface area contributed by atoms with Gasteiger partial charge < -0.3 is 5.73 Å². The van der Waals surface area contributed by atoms with Gasteiger partial charge in [0.2, 0.25) is 0 Å². The molecule has 2 N–H and O–H groups in total. The van der Waals surface area contributed by atoms with Gasteiger partial charge in [0.25, 0.3) is 0 Å². The van der Waals surface area contributed by atoms with Crippen LogP contribution in [0.3, 0.4) is 0 Å². The van der Waals surface area contributed by atoms with E-state index in [1.807, 2.05) is 6.92 Å². The third-order valence-electron chi connectivity index (χ3n) is 3.00. The molecule has 0 aliphatic heterocycles. The van der Waals surface area contributed by atoms with Crippen LogP contribution in [0, 0.1) is 0 Å². The molecule has 2 aromatic rings. The molecule has 21 heavy (non-hydrogen) atoms. The fourth-order valence-corrected chi connectivity index (χ4v) is 2.23. The van der Waals surface area contributed by atoms with Crippen LogP contribution in [0.25, 0.3) is 0 Å². The van der Waals surface area contributed by atoms with Gasteiger partial charge in [0.15, 0.2) is 0 Å². The first-order valence-electron chi connectivity index (χ1n) is 6.34. The van der Waals surface area contributed by atoms with Crippen molar-refractivity contribution in [2.45, 2.75) is 32.1 Å². The van der Waals surface area contributed by atoms with Gasteiger partial charge in [0, 0.05) is 12.7 Å². The Morgan fingerprint density at radius 1 is 1.33 bits per heavy atom. The summed E-state index contributed by atoms with van der Waals surface area (Å²) in [5, 5.41) is 4.48. The fourth-order valence-electron chi connectivity index (χ4n) is 1.97. The molecule has 0 saturated carbocycles. The molecule has 0 bridgehead atoms. The Kier molecular flexibility index (Phi) is 4.53. The van der Waals surface area contributed by atoms with Crippen molar-refractivity contribution in [2.75, 3.05) is 0 Å². The van der Waals surface area contributed by atoms with E-state index < -0.39 is 17.8 Å². The van der Waals surface area contributed by atoms with Crippen LogP contribution in [0.15, 0.2) is 24.5 Å². The summed E-state index contributed by atoms with van der Waals surface area (Å²) in [7, 11) is 0. The quantitative estimate of drug-likeness (QED) is 0.940. The number of pyridine rings is 1. The van der Waals surface area contributed by atoms with Crippen molar-refractivity contribution in [3.8, 4) is 0 Å². The second-order valence-electron chi connectivity index (χ2n) is 4.55. The number of hydrogen-bond donors (Lipinski definition) is 1. The minimum Gasteiger partial charge on any atom is -0.318 e. The predicted octanol–water partition coefficient (Wildman–Crippen LogP) is 3.41. The van der Waals surface area contributed by atoms with E-state index in [1.54, 1.807) is 4.68 Å². The zero-order valence-electron chi connectivity index (χ0n) is 11.2. The molecule has 2 heterocycles. The van der Waals surface area contributed by atoms with Crippen molar-refractivity contribution in [3.05, 3.63) is 46.5 Å². The number of aryl methyl sites for hydroxylation is 1. The number of alkyl halides is 3. The first-order valence-corrected chi connectivity index (χ1v) is 6.72. The van der Waals surface area contributed by atoms with Gasteiger partial charge in [0.1, 0.15) is 0 Å². The first-order chi connectivity index (χ1) is 9.84. The normalized spacial score (nSPS) is 13.4. The number of halogens is 4. The van der Waals surface area contributed by atoms with Crippen molar-refractivity contribution in [1.29, 1.82) is 0 Å². The summed E-state index contributed by atoms with van der Waals surface area (Å²) in [6, 6.07) is 1.48. The van der Waals surface area contributed by atoms with Gasteiger partial charge in [0.05, 0.1) is 34.2 Å². The van der Waals surface area contributed by atoms with Gasteiger partial charge in [-0.05, 0) is 18.6 Å². The molecule has 1 unspecified atom stereocenters. The van der Waals surface area contributed by atoms with Crippen molar-refractivity contribution >= 4 is 11.6 Å². The highest BCUT2D eigenvalue weighted by Crippen LogP contribution is 2.30.